The van der Waals surface area contributed by atoms with Crippen molar-refractivity contribution in [3.63, 3.8) is 0 Å². The van der Waals surface area contributed by atoms with Crippen molar-refractivity contribution in [3.05, 3.63) is 35.4 Å². The summed E-state index contributed by atoms with van der Waals surface area (Å²) in [5.74, 6) is 1.50. The van der Waals surface area contributed by atoms with Gasteiger partial charge in [0.2, 0.25) is 0 Å². The molecule has 0 aromatic heterocycles. The summed E-state index contributed by atoms with van der Waals surface area (Å²) in [6.07, 6.45) is 1.20. The number of rotatable bonds is 7. The Hall–Kier alpha value is -2.08. The topological polar surface area (TPSA) is 68.8 Å². The lowest BCUT2D eigenvalue weighted by Gasteiger charge is -2.13. The van der Waals surface area contributed by atoms with Crippen molar-refractivity contribution in [1.29, 1.82) is 0 Å². The van der Waals surface area contributed by atoms with Gasteiger partial charge in [0.25, 0.3) is 5.91 Å². The van der Waals surface area contributed by atoms with Crippen LogP contribution < -0.4 is 16.0 Å². The van der Waals surface area contributed by atoms with Crippen molar-refractivity contribution < 1.29 is 4.79 Å². The second kappa shape index (κ2) is 8.68. The summed E-state index contributed by atoms with van der Waals surface area (Å²) in [7, 11) is 5.75. The van der Waals surface area contributed by atoms with Crippen LogP contribution in [0.4, 0.5) is 0 Å². The third-order valence-corrected chi connectivity index (χ3v) is 4.15. The lowest BCUT2D eigenvalue weighted by atomic mass is 10.1. The van der Waals surface area contributed by atoms with E-state index in [0.717, 1.165) is 24.0 Å². The molecule has 3 N–H and O–H groups in total. The van der Waals surface area contributed by atoms with E-state index in [1.807, 2.05) is 43.3 Å². The van der Waals surface area contributed by atoms with Crippen LogP contribution in [0.3, 0.4) is 0 Å². The van der Waals surface area contributed by atoms with E-state index in [9.17, 15) is 4.79 Å². The molecule has 2 unspecified atom stereocenters. The van der Waals surface area contributed by atoms with Gasteiger partial charge in [0.1, 0.15) is 0 Å². The summed E-state index contributed by atoms with van der Waals surface area (Å²) in [5.41, 5.74) is 1.74. The van der Waals surface area contributed by atoms with E-state index in [2.05, 4.69) is 27.9 Å². The second-order valence-corrected chi connectivity index (χ2v) is 6.65. The summed E-state index contributed by atoms with van der Waals surface area (Å²) in [6.45, 7) is 4.34. The van der Waals surface area contributed by atoms with Crippen LogP contribution in [0.15, 0.2) is 29.3 Å². The largest absolute Gasteiger partial charge is 0.353 e. The molecule has 132 valence electrons. The molecule has 1 aromatic rings. The molecule has 6 heteroatoms. The number of aliphatic imine (C=N–C) groups is 1. The SMILES string of the molecule is CN=C(NCc1cccc(C(=O)NCCN(C)C)c1)NC1CC1C. The van der Waals surface area contributed by atoms with Crippen LogP contribution in [0.25, 0.3) is 0 Å². The highest BCUT2D eigenvalue weighted by atomic mass is 16.1. The number of nitrogens with zero attached hydrogens (tertiary/aromatic N) is 2. The first kappa shape index (κ1) is 18.3. The molecule has 0 spiro atoms. The van der Waals surface area contributed by atoms with Gasteiger partial charge in [0.15, 0.2) is 5.96 Å². The fourth-order valence-electron chi connectivity index (χ4n) is 2.40. The molecule has 1 saturated carbocycles. The van der Waals surface area contributed by atoms with Gasteiger partial charge in [-0.2, -0.15) is 0 Å². The maximum atomic E-state index is 12.2. The van der Waals surface area contributed by atoms with E-state index in [-0.39, 0.29) is 5.91 Å². The van der Waals surface area contributed by atoms with Crippen molar-refractivity contribution >= 4 is 11.9 Å². The second-order valence-electron chi connectivity index (χ2n) is 6.65. The van der Waals surface area contributed by atoms with Gasteiger partial charge in [-0.15, -0.1) is 0 Å². The molecule has 6 nitrogen and oxygen atoms in total. The van der Waals surface area contributed by atoms with Crippen LogP contribution in [-0.4, -0.2) is 57.0 Å². The Morgan fingerprint density at radius 1 is 1.33 bits per heavy atom. The number of hydrogen-bond acceptors (Lipinski definition) is 3. The van der Waals surface area contributed by atoms with Crippen molar-refractivity contribution in [2.45, 2.75) is 25.9 Å². The standard InChI is InChI=1S/C18H29N5O/c1-13-10-16(13)22-18(19-2)21-12-14-6-5-7-15(11-14)17(24)20-8-9-23(3)4/h5-7,11,13,16H,8-10,12H2,1-4H3,(H,20,24)(H2,19,21,22). The zero-order valence-electron chi connectivity index (χ0n) is 15.1. The van der Waals surface area contributed by atoms with Crippen molar-refractivity contribution in [2.75, 3.05) is 34.2 Å². The maximum absolute atomic E-state index is 12.2. The third kappa shape index (κ3) is 5.85. The minimum absolute atomic E-state index is 0.0342. The molecule has 0 aliphatic heterocycles. The van der Waals surface area contributed by atoms with Crippen LogP contribution in [0.5, 0.6) is 0 Å². The Kier molecular flexibility index (Phi) is 6.61. The Balaban J connectivity index is 1.84. The number of guanidine groups is 1. The molecular weight excluding hydrogens is 302 g/mol. The molecule has 0 saturated heterocycles. The van der Waals surface area contributed by atoms with Crippen molar-refractivity contribution in [2.24, 2.45) is 10.9 Å². The monoisotopic (exact) mass is 331 g/mol. The number of hydrogen-bond donors (Lipinski definition) is 3. The molecule has 1 aliphatic rings. The van der Waals surface area contributed by atoms with Gasteiger partial charge in [0, 0.05) is 38.3 Å². The van der Waals surface area contributed by atoms with Gasteiger partial charge < -0.3 is 20.9 Å². The normalized spacial score (nSPS) is 20.0. The summed E-state index contributed by atoms with van der Waals surface area (Å²) in [6, 6.07) is 8.22. The average molecular weight is 331 g/mol. The molecule has 2 rings (SSSR count). The van der Waals surface area contributed by atoms with Crippen molar-refractivity contribution in [1.82, 2.24) is 20.9 Å². The van der Waals surface area contributed by atoms with Gasteiger partial charge in [-0.3, -0.25) is 9.79 Å². The first-order valence-electron chi connectivity index (χ1n) is 8.48. The maximum Gasteiger partial charge on any atom is 0.251 e. The van der Waals surface area contributed by atoms with Gasteiger partial charge in [0.05, 0.1) is 0 Å². The average Bonchev–Trinajstić information content (AvgIpc) is 3.26. The minimum atomic E-state index is -0.0342. The number of carbonyl (C=O) groups excluding carboxylic acids is 1. The molecular formula is C18H29N5O. The number of nitrogens with one attached hydrogen (secondary N) is 3. The molecule has 1 aromatic carbocycles. The predicted octanol–water partition coefficient (Wildman–Crippen LogP) is 1.05. The zero-order valence-corrected chi connectivity index (χ0v) is 15.1. The van der Waals surface area contributed by atoms with E-state index in [4.69, 9.17) is 0 Å². The third-order valence-electron chi connectivity index (χ3n) is 4.15. The Bertz CT molecular complexity index is 585. The molecule has 24 heavy (non-hydrogen) atoms. The number of benzene rings is 1. The smallest absolute Gasteiger partial charge is 0.251 e. The highest BCUT2D eigenvalue weighted by Gasteiger charge is 2.33. The fraction of sp³-hybridized carbons (Fsp3) is 0.556. The summed E-state index contributed by atoms with van der Waals surface area (Å²) >= 11 is 0. The Morgan fingerprint density at radius 3 is 2.71 bits per heavy atom. The summed E-state index contributed by atoms with van der Waals surface area (Å²) in [5, 5.41) is 9.63. The molecule has 0 bridgehead atoms. The van der Waals surface area contributed by atoms with Gasteiger partial charge in [-0.25, -0.2) is 0 Å². The molecule has 0 heterocycles. The van der Waals surface area contributed by atoms with Crippen molar-refractivity contribution in [3.8, 4) is 0 Å². The number of likely N-dealkylation sites (N-methyl/N-ethyl adjacent to an activating group) is 1. The van der Waals surface area contributed by atoms with Crippen LogP contribution in [-0.2, 0) is 6.54 Å². The summed E-state index contributed by atoms with van der Waals surface area (Å²) < 4.78 is 0. The zero-order chi connectivity index (χ0) is 17.5. The Morgan fingerprint density at radius 2 is 2.08 bits per heavy atom. The minimum Gasteiger partial charge on any atom is -0.353 e. The molecule has 1 fully saturated rings. The highest BCUT2D eigenvalue weighted by molar-refractivity contribution is 5.94. The molecule has 1 amide bonds. The Labute approximate surface area is 144 Å². The van der Waals surface area contributed by atoms with Crippen LogP contribution in [0, 0.1) is 5.92 Å². The van der Waals surface area contributed by atoms with Crippen LogP contribution in [0.2, 0.25) is 0 Å². The van der Waals surface area contributed by atoms with Crippen LogP contribution in [0.1, 0.15) is 29.3 Å². The fourth-order valence-corrected chi connectivity index (χ4v) is 2.40. The van der Waals surface area contributed by atoms with E-state index < -0.39 is 0 Å². The van der Waals surface area contributed by atoms with Gasteiger partial charge in [-0.1, -0.05) is 19.1 Å². The molecule has 2 atom stereocenters. The summed E-state index contributed by atoms with van der Waals surface area (Å²) in [4.78, 5) is 18.5. The van der Waals surface area contributed by atoms with E-state index in [0.29, 0.717) is 24.7 Å². The first-order chi connectivity index (χ1) is 11.5. The van der Waals surface area contributed by atoms with Gasteiger partial charge in [-0.05, 0) is 44.1 Å². The molecule has 1 aliphatic carbocycles. The quantitative estimate of drug-likeness (QED) is 0.516. The van der Waals surface area contributed by atoms with E-state index in [1.165, 1.54) is 6.42 Å². The number of amides is 1. The molecule has 0 radical (unpaired) electrons. The lowest BCUT2D eigenvalue weighted by molar-refractivity contribution is 0.0951. The lowest BCUT2D eigenvalue weighted by Crippen LogP contribution is -2.38. The van der Waals surface area contributed by atoms with E-state index in [1.54, 1.807) is 7.05 Å². The van der Waals surface area contributed by atoms with E-state index >= 15 is 0 Å². The first-order valence-corrected chi connectivity index (χ1v) is 8.48. The highest BCUT2D eigenvalue weighted by Crippen LogP contribution is 2.28. The predicted molar refractivity (Wildman–Crippen MR) is 98.2 cm³/mol. The van der Waals surface area contributed by atoms with Gasteiger partial charge >= 0.3 is 0 Å². The number of carbonyl (C=O) groups is 1. The van der Waals surface area contributed by atoms with Crippen LogP contribution >= 0.6 is 0 Å².